The van der Waals surface area contributed by atoms with E-state index in [4.69, 9.17) is 42.8 Å². The quantitative estimate of drug-likeness (QED) is 0.0573. The number of cyclic esters (lactones) is 1. The average Bonchev–Trinajstić information content (AvgIpc) is 4.45. The molecule has 8 heterocycles. The van der Waals surface area contributed by atoms with Gasteiger partial charge in [0.2, 0.25) is 5.60 Å². The van der Waals surface area contributed by atoms with Crippen molar-refractivity contribution in [1.82, 2.24) is 25.2 Å². The fraction of sp³-hybridized carbons (Fsp3) is 0.463. The van der Waals surface area contributed by atoms with Gasteiger partial charge in [0, 0.05) is 35.4 Å². The van der Waals surface area contributed by atoms with Gasteiger partial charge in [-0.1, -0.05) is 65.8 Å². The summed E-state index contributed by atoms with van der Waals surface area (Å²) >= 11 is 0.894. The zero-order valence-corrected chi connectivity index (χ0v) is 45.4. The number of nitrogens with one attached hydrogen (secondary N) is 2. The third kappa shape index (κ3) is 10.4. The van der Waals surface area contributed by atoms with Crippen molar-refractivity contribution in [1.29, 1.82) is 0 Å². The van der Waals surface area contributed by atoms with Crippen LogP contribution >= 0.6 is 11.3 Å². The van der Waals surface area contributed by atoms with Crippen LogP contribution in [0.4, 0.5) is 9.93 Å². The highest BCUT2D eigenvalue weighted by atomic mass is 32.1. The lowest BCUT2D eigenvalue weighted by atomic mass is 9.90. The van der Waals surface area contributed by atoms with Crippen LogP contribution in [-0.4, -0.2) is 132 Å². The molecule has 0 aliphatic carbocycles. The summed E-state index contributed by atoms with van der Waals surface area (Å²) in [5.74, 6) is -9.31. The Labute approximate surface area is 456 Å². The molecule has 2 bridgehead atoms. The number of nitrogens with zero attached hydrogens (tertiary/aromatic N) is 5. The van der Waals surface area contributed by atoms with Crippen molar-refractivity contribution in [2.24, 2.45) is 5.16 Å². The molecule has 6 aliphatic rings. The van der Waals surface area contributed by atoms with Gasteiger partial charge in [0.15, 0.2) is 16.6 Å². The number of thiazole rings is 1. The molecule has 2 aromatic carbocycles. The number of anilines is 1. The molecule has 0 radical (unpaired) electrons. The first kappa shape index (κ1) is 54.3. The molecule has 3 unspecified atom stereocenters. The standard InChI is InChI=1S/C54H57N7O17S/c1-49(2,3)75-45(67)52(23-30-20-21-31(24-52)71-30)78-59-38(34-27-79-47(56-34)58-48(69)77-51(7,8)9)39(62)55-33-26-70-61(42(33)64)53(46(68)76-50(4,5)6)25-35(44(66)74-53)60-41(63)32-22-36-40(57-37(32)43(60)65)73-54(72-36,28-16-12-10-13-17-28)29-18-14-11-15-19-29/h10-19,22,27,30-31,33,35H,20-21,23-26H2,1-9H3,(H,55,62)(H,56,58,69)/b59-38-/t30?,31?,33-,35-,52?,53?/m0/s1. The van der Waals surface area contributed by atoms with Crippen molar-refractivity contribution in [3.05, 3.63) is 100 Å². The Kier molecular flexibility index (Phi) is 13.6. The zero-order valence-electron chi connectivity index (χ0n) is 44.6. The summed E-state index contributed by atoms with van der Waals surface area (Å²) in [7, 11) is 0. The second-order valence-electron chi connectivity index (χ2n) is 22.7. The van der Waals surface area contributed by atoms with Crippen molar-refractivity contribution < 1.29 is 81.2 Å². The van der Waals surface area contributed by atoms with Gasteiger partial charge in [0.05, 0.1) is 24.2 Å². The number of hydroxylamine groups is 2. The Bertz CT molecular complexity index is 3100. The summed E-state index contributed by atoms with van der Waals surface area (Å²) in [6.07, 6.45) is -1.18. The fourth-order valence-electron chi connectivity index (χ4n) is 9.86. The monoisotopic (exact) mass is 1110 g/mol. The third-order valence-electron chi connectivity index (χ3n) is 13.1. The van der Waals surface area contributed by atoms with E-state index in [9.17, 15) is 38.4 Å². The number of esters is 3. The lowest BCUT2D eigenvalue weighted by molar-refractivity contribution is -0.263. The highest BCUT2D eigenvalue weighted by molar-refractivity contribution is 7.14. The van der Waals surface area contributed by atoms with Gasteiger partial charge in [0.25, 0.3) is 29.5 Å². The second-order valence-corrected chi connectivity index (χ2v) is 23.5. The predicted octanol–water partition coefficient (Wildman–Crippen LogP) is 5.61. The number of aromatic nitrogens is 2. The zero-order chi connectivity index (χ0) is 56.6. The summed E-state index contributed by atoms with van der Waals surface area (Å²) < 4.78 is 41.5. The van der Waals surface area contributed by atoms with E-state index in [-0.39, 0.29) is 53.1 Å². The topological polar surface area (TPSA) is 288 Å². The van der Waals surface area contributed by atoms with Gasteiger partial charge >= 0.3 is 35.5 Å². The highest BCUT2D eigenvalue weighted by Crippen LogP contribution is 2.49. The number of pyridine rings is 1. The van der Waals surface area contributed by atoms with E-state index >= 15 is 0 Å². The van der Waals surface area contributed by atoms with Gasteiger partial charge < -0.3 is 43.3 Å². The van der Waals surface area contributed by atoms with Crippen LogP contribution in [-0.2, 0) is 63.1 Å². The number of amides is 5. The van der Waals surface area contributed by atoms with Crippen LogP contribution in [0.5, 0.6) is 11.6 Å². The SMILES string of the molecule is CC(C)(C)OC(=O)Nc1nc(/C(=N/OC2(C(=O)OC(C)(C)C)CC3CCC(C2)O3)C(=O)N[C@H]2CON(C3(C(=O)OC(C)(C)C)C[C@H](N4C(=O)c5cc6c(nc5C4=O)OC(c4ccccc4)(c4ccccc4)O6)C(=O)O3)C2=O)cs1. The van der Waals surface area contributed by atoms with Crippen molar-refractivity contribution in [3.8, 4) is 11.6 Å². The van der Waals surface area contributed by atoms with Crippen molar-refractivity contribution in [2.45, 2.75) is 153 Å². The Hall–Kier alpha value is -8.03. The van der Waals surface area contributed by atoms with Crippen LogP contribution < -0.4 is 20.1 Å². The summed E-state index contributed by atoms with van der Waals surface area (Å²) in [6, 6.07) is 15.7. The van der Waals surface area contributed by atoms with E-state index < -0.39 is 118 Å². The highest BCUT2D eigenvalue weighted by Gasteiger charge is 2.66. The first-order valence-electron chi connectivity index (χ1n) is 25.4. The number of carbonyl (C=O) groups is 8. The van der Waals surface area contributed by atoms with E-state index in [2.05, 4.69) is 25.8 Å². The number of hydrogen-bond donors (Lipinski definition) is 2. The molecular formula is C54H57N7O17S. The predicted molar refractivity (Wildman–Crippen MR) is 273 cm³/mol. The first-order chi connectivity index (χ1) is 37.2. The van der Waals surface area contributed by atoms with Crippen LogP contribution in [0, 0.1) is 0 Å². The van der Waals surface area contributed by atoms with Gasteiger partial charge in [-0.3, -0.25) is 34.2 Å². The molecule has 25 heteroatoms. The number of hydrogen-bond acceptors (Lipinski definition) is 21. The van der Waals surface area contributed by atoms with Gasteiger partial charge in [-0.15, -0.1) is 11.3 Å². The lowest BCUT2D eigenvalue weighted by Gasteiger charge is -2.38. The summed E-state index contributed by atoms with van der Waals surface area (Å²) in [5, 5.41) is 11.0. The number of rotatable bonds is 12. The Morgan fingerprint density at radius 1 is 0.747 bits per heavy atom. The minimum atomic E-state index is -2.79. The van der Waals surface area contributed by atoms with Crippen LogP contribution in [0.15, 0.2) is 77.3 Å². The molecule has 4 fully saturated rings. The van der Waals surface area contributed by atoms with E-state index in [1.54, 1.807) is 90.1 Å². The Balaban J connectivity index is 0.922. The summed E-state index contributed by atoms with van der Waals surface area (Å²) in [5.41, 5.74) is -7.80. The molecule has 4 saturated heterocycles. The molecule has 79 heavy (non-hydrogen) atoms. The molecule has 5 amide bonds. The van der Waals surface area contributed by atoms with Crippen LogP contribution in [0.1, 0.15) is 132 Å². The Morgan fingerprint density at radius 3 is 1.96 bits per heavy atom. The van der Waals surface area contributed by atoms with E-state index in [1.807, 2.05) is 12.1 Å². The number of benzene rings is 2. The first-order valence-corrected chi connectivity index (χ1v) is 26.3. The minimum absolute atomic E-state index is 0.0150. The maximum atomic E-state index is 14.7. The van der Waals surface area contributed by atoms with Gasteiger partial charge in [-0.2, -0.15) is 5.06 Å². The van der Waals surface area contributed by atoms with E-state index in [1.165, 1.54) is 32.2 Å². The maximum Gasteiger partial charge on any atom is 0.413 e. The molecule has 416 valence electrons. The molecular weight excluding hydrogens is 1050 g/mol. The molecule has 24 nitrogen and oxygen atoms in total. The molecule has 10 rings (SSSR count). The van der Waals surface area contributed by atoms with Crippen LogP contribution in [0.25, 0.3) is 0 Å². The maximum absolute atomic E-state index is 14.7. The molecule has 0 saturated carbocycles. The molecule has 4 aromatic rings. The lowest BCUT2D eigenvalue weighted by Crippen LogP contribution is -2.59. The molecule has 2 N–H and O–H groups in total. The molecule has 0 spiro atoms. The molecule has 5 atom stereocenters. The van der Waals surface area contributed by atoms with E-state index in [0.717, 1.165) is 11.3 Å². The smallest absolute Gasteiger partial charge is 0.413 e. The number of carbonyl (C=O) groups excluding carboxylic acids is 8. The second kappa shape index (κ2) is 19.7. The van der Waals surface area contributed by atoms with Gasteiger partial charge in [-0.05, 0) is 75.2 Å². The number of oxime groups is 1. The number of fused-ring (bicyclic) bond motifs is 4. The van der Waals surface area contributed by atoms with Crippen LogP contribution in [0.2, 0.25) is 0 Å². The average molecular weight is 1110 g/mol. The van der Waals surface area contributed by atoms with Crippen molar-refractivity contribution >= 4 is 69.8 Å². The largest absolute Gasteiger partial charge is 0.457 e. The van der Waals surface area contributed by atoms with E-state index in [0.29, 0.717) is 33.9 Å². The third-order valence-corrected chi connectivity index (χ3v) is 13.9. The number of imide groups is 1. The molecule has 2 aromatic heterocycles. The van der Waals surface area contributed by atoms with Crippen molar-refractivity contribution in [2.75, 3.05) is 11.9 Å². The van der Waals surface area contributed by atoms with Crippen molar-refractivity contribution in [3.63, 3.8) is 0 Å². The van der Waals surface area contributed by atoms with Crippen LogP contribution in [0.3, 0.4) is 0 Å². The van der Waals surface area contributed by atoms with Gasteiger partial charge in [-0.25, -0.2) is 29.1 Å². The minimum Gasteiger partial charge on any atom is -0.457 e. The molecule has 6 aliphatic heterocycles. The van der Waals surface area contributed by atoms with Gasteiger partial charge in [0.1, 0.15) is 46.9 Å². The number of ether oxygens (including phenoxy) is 7. The Morgan fingerprint density at radius 2 is 1.35 bits per heavy atom. The fourth-order valence-corrected chi connectivity index (χ4v) is 10.5. The normalized spacial score (nSPS) is 25.2. The summed E-state index contributed by atoms with van der Waals surface area (Å²) in [4.78, 5) is 135. The summed E-state index contributed by atoms with van der Waals surface area (Å²) in [6.45, 7) is 13.9.